The van der Waals surface area contributed by atoms with Gasteiger partial charge in [0.25, 0.3) is 0 Å². The second kappa shape index (κ2) is 6.58. The monoisotopic (exact) mass is 288 g/mol. The fraction of sp³-hybridized carbons (Fsp3) is 0.235. The van der Waals surface area contributed by atoms with Gasteiger partial charge < -0.3 is 5.11 Å². The van der Waals surface area contributed by atoms with Gasteiger partial charge in [-0.25, -0.2) is 0 Å². The Bertz CT molecular complexity index is 573. The number of benzene rings is 2. The third kappa shape index (κ3) is 4.10. The number of hydrogen-bond acceptors (Lipinski definition) is 1. The van der Waals surface area contributed by atoms with Gasteiger partial charge in [0.1, 0.15) is 0 Å². The average molecular weight is 289 g/mol. The summed E-state index contributed by atoms with van der Waals surface area (Å²) in [5, 5.41) is 9.50. The van der Waals surface area contributed by atoms with Gasteiger partial charge in [-0.15, -0.1) is 0 Å². The molecule has 0 saturated carbocycles. The molecule has 2 nitrogen and oxygen atoms in total. The van der Waals surface area contributed by atoms with E-state index < -0.39 is 5.97 Å². The van der Waals surface area contributed by atoms with Crippen molar-refractivity contribution in [1.82, 2.24) is 0 Å². The largest absolute Gasteiger partial charge is 0.481 e. The third-order valence-corrected chi connectivity index (χ3v) is 3.49. The quantitative estimate of drug-likeness (QED) is 0.869. The predicted molar refractivity (Wildman–Crippen MR) is 82.0 cm³/mol. The summed E-state index contributed by atoms with van der Waals surface area (Å²) in [7, 11) is 0. The van der Waals surface area contributed by atoms with Crippen molar-refractivity contribution in [2.45, 2.75) is 19.8 Å². The lowest BCUT2D eigenvalue weighted by molar-refractivity contribution is -0.137. The number of rotatable bonds is 5. The molecule has 0 spiro atoms. The van der Waals surface area contributed by atoms with Crippen LogP contribution in [0.1, 0.15) is 18.9 Å². The SMILES string of the molecule is CC(CC(=O)O)Cc1ccc(-c2ccc(Cl)cc2)cc1. The first-order valence-corrected chi connectivity index (χ1v) is 6.99. The van der Waals surface area contributed by atoms with Crippen LogP contribution in [0.3, 0.4) is 0 Å². The van der Waals surface area contributed by atoms with E-state index in [4.69, 9.17) is 16.7 Å². The van der Waals surface area contributed by atoms with E-state index in [0.29, 0.717) is 0 Å². The maximum Gasteiger partial charge on any atom is 0.303 e. The summed E-state index contributed by atoms with van der Waals surface area (Å²) in [5.41, 5.74) is 3.42. The number of carboxylic acid groups (broad SMARTS) is 1. The van der Waals surface area contributed by atoms with Crippen LogP contribution in [0.15, 0.2) is 48.5 Å². The first kappa shape index (κ1) is 14.6. The van der Waals surface area contributed by atoms with Crippen LogP contribution >= 0.6 is 11.6 Å². The Balaban J connectivity index is 2.06. The lowest BCUT2D eigenvalue weighted by atomic mass is 9.96. The molecule has 0 radical (unpaired) electrons. The van der Waals surface area contributed by atoms with Crippen molar-refractivity contribution in [1.29, 1.82) is 0 Å². The lowest BCUT2D eigenvalue weighted by Crippen LogP contribution is -2.06. The summed E-state index contributed by atoms with van der Waals surface area (Å²) in [6, 6.07) is 16.0. The van der Waals surface area contributed by atoms with Crippen molar-refractivity contribution in [2.75, 3.05) is 0 Å². The number of carbonyl (C=O) groups is 1. The molecule has 0 aliphatic carbocycles. The summed E-state index contributed by atoms with van der Waals surface area (Å²) >= 11 is 5.88. The van der Waals surface area contributed by atoms with Crippen molar-refractivity contribution >= 4 is 17.6 Å². The van der Waals surface area contributed by atoms with Crippen LogP contribution in [0.2, 0.25) is 5.02 Å². The van der Waals surface area contributed by atoms with Gasteiger partial charge in [0, 0.05) is 11.4 Å². The minimum atomic E-state index is -0.740. The van der Waals surface area contributed by atoms with E-state index in [1.807, 2.05) is 31.2 Å². The molecule has 1 unspecified atom stereocenters. The van der Waals surface area contributed by atoms with Gasteiger partial charge in [0.2, 0.25) is 0 Å². The van der Waals surface area contributed by atoms with Crippen molar-refractivity contribution < 1.29 is 9.90 Å². The highest BCUT2D eigenvalue weighted by Crippen LogP contribution is 2.22. The van der Waals surface area contributed by atoms with Crippen molar-refractivity contribution in [2.24, 2.45) is 5.92 Å². The minimum Gasteiger partial charge on any atom is -0.481 e. The number of halogens is 1. The van der Waals surface area contributed by atoms with Crippen LogP contribution in [-0.2, 0) is 11.2 Å². The molecule has 2 rings (SSSR count). The van der Waals surface area contributed by atoms with E-state index in [2.05, 4.69) is 24.3 Å². The first-order chi connectivity index (χ1) is 9.54. The van der Waals surface area contributed by atoms with E-state index in [1.54, 1.807) is 0 Å². The normalized spacial score (nSPS) is 12.1. The molecular weight excluding hydrogens is 272 g/mol. The molecule has 2 aromatic rings. The van der Waals surface area contributed by atoms with Crippen LogP contribution in [0.25, 0.3) is 11.1 Å². The van der Waals surface area contributed by atoms with Crippen molar-refractivity contribution in [3.63, 3.8) is 0 Å². The predicted octanol–water partition coefficient (Wildman–Crippen LogP) is 4.66. The summed E-state index contributed by atoms with van der Waals surface area (Å²) < 4.78 is 0. The molecule has 0 saturated heterocycles. The highest BCUT2D eigenvalue weighted by molar-refractivity contribution is 6.30. The Morgan fingerprint density at radius 3 is 2.05 bits per heavy atom. The summed E-state index contributed by atoms with van der Waals surface area (Å²) in [6.07, 6.45) is 0.992. The highest BCUT2D eigenvalue weighted by atomic mass is 35.5. The third-order valence-electron chi connectivity index (χ3n) is 3.24. The molecule has 1 N–H and O–H groups in total. The molecular formula is C17H17ClO2. The fourth-order valence-corrected chi connectivity index (χ4v) is 2.37. The Morgan fingerprint density at radius 2 is 1.55 bits per heavy atom. The second-order valence-corrected chi connectivity index (χ2v) is 5.55. The summed E-state index contributed by atoms with van der Waals surface area (Å²) in [6.45, 7) is 1.96. The second-order valence-electron chi connectivity index (χ2n) is 5.11. The zero-order chi connectivity index (χ0) is 14.5. The molecule has 3 heteroatoms. The van der Waals surface area contributed by atoms with Crippen LogP contribution in [0, 0.1) is 5.92 Å². The van der Waals surface area contributed by atoms with E-state index in [9.17, 15) is 4.79 Å². The Hall–Kier alpha value is -1.80. The molecule has 2 aromatic carbocycles. The van der Waals surface area contributed by atoms with Crippen LogP contribution < -0.4 is 0 Å². The topological polar surface area (TPSA) is 37.3 Å². The van der Waals surface area contributed by atoms with Gasteiger partial charge in [0.05, 0.1) is 0 Å². The van der Waals surface area contributed by atoms with Gasteiger partial charge in [-0.1, -0.05) is 54.9 Å². The number of hydrogen-bond donors (Lipinski definition) is 1. The van der Waals surface area contributed by atoms with Crippen LogP contribution in [0.4, 0.5) is 0 Å². The zero-order valence-electron chi connectivity index (χ0n) is 11.3. The maximum absolute atomic E-state index is 10.7. The van der Waals surface area contributed by atoms with Crippen molar-refractivity contribution in [3.05, 3.63) is 59.1 Å². The molecule has 20 heavy (non-hydrogen) atoms. The minimum absolute atomic E-state index is 0.147. The molecule has 0 aliphatic heterocycles. The van der Waals surface area contributed by atoms with Gasteiger partial charge in [-0.3, -0.25) is 4.79 Å². The lowest BCUT2D eigenvalue weighted by Gasteiger charge is -2.09. The first-order valence-electron chi connectivity index (χ1n) is 6.61. The van der Waals surface area contributed by atoms with E-state index in [-0.39, 0.29) is 12.3 Å². The number of carboxylic acids is 1. The van der Waals surface area contributed by atoms with Crippen molar-refractivity contribution in [3.8, 4) is 11.1 Å². The van der Waals surface area contributed by atoms with Gasteiger partial charge in [-0.05, 0) is 41.2 Å². The van der Waals surface area contributed by atoms with Gasteiger partial charge in [-0.2, -0.15) is 0 Å². The molecule has 0 amide bonds. The Morgan fingerprint density at radius 1 is 1.05 bits per heavy atom. The van der Waals surface area contributed by atoms with Gasteiger partial charge in [0.15, 0.2) is 0 Å². The smallest absolute Gasteiger partial charge is 0.303 e. The molecule has 0 aromatic heterocycles. The Kier molecular flexibility index (Phi) is 4.80. The highest BCUT2D eigenvalue weighted by Gasteiger charge is 2.08. The van der Waals surface area contributed by atoms with E-state index >= 15 is 0 Å². The number of aliphatic carboxylic acids is 1. The molecule has 0 aliphatic rings. The molecule has 0 bridgehead atoms. The fourth-order valence-electron chi connectivity index (χ4n) is 2.25. The maximum atomic E-state index is 10.7. The average Bonchev–Trinajstić information content (AvgIpc) is 2.39. The van der Waals surface area contributed by atoms with Crippen LogP contribution in [0.5, 0.6) is 0 Å². The molecule has 1 atom stereocenters. The molecule has 0 fully saturated rings. The summed E-state index contributed by atoms with van der Waals surface area (Å²) in [4.78, 5) is 10.7. The van der Waals surface area contributed by atoms with Crippen LogP contribution in [-0.4, -0.2) is 11.1 Å². The van der Waals surface area contributed by atoms with E-state index in [1.165, 1.54) is 0 Å². The standard InChI is InChI=1S/C17H17ClO2/c1-12(11-17(19)20)10-13-2-4-14(5-3-13)15-6-8-16(18)9-7-15/h2-9,12H,10-11H2,1H3,(H,19,20). The molecule has 0 heterocycles. The molecule has 104 valence electrons. The Labute approximate surface area is 124 Å². The van der Waals surface area contributed by atoms with Gasteiger partial charge >= 0.3 is 5.97 Å². The summed E-state index contributed by atoms with van der Waals surface area (Å²) in [5.74, 6) is -0.593. The zero-order valence-corrected chi connectivity index (χ0v) is 12.1. The van der Waals surface area contributed by atoms with E-state index in [0.717, 1.165) is 28.1 Å².